The van der Waals surface area contributed by atoms with Crippen LogP contribution in [0.2, 0.25) is 5.02 Å². The van der Waals surface area contributed by atoms with Crippen LogP contribution in [0.15, 0.2) is 61.2 Å². The number of benzene rings is 1. The number of aromatic nitrogens is 3. The molecule has 0 radical (unpaired) electrons. The maximum Gasteiger partial charge on any atom is 0.306 e. The van der Waals surface area contributed by atoms with Gasteiger partial charge in [0.1, 0.15) is 6.10 Å². The normalized spacial score (nSPS) is 19.5. The molecule has 0 amide bonds. The van der Waals surface area contributed by atoms with Gasteiger partial charge in [-0.2, -0.15) is 4.98 Å². The molecule has 0 unspecified atom stereocenters. The van der Waals surface area contributed by atoms with Crippen molar-refractivity contribution < 1.29 is 14.6 Å². The molecule has 0 aliphatic heterocycles. The number of carboxylic acids is 1. The van der Waals surface area contributed by atoms with Crippen molar-refractivity contribution >= 4 is 39.9 Å². The summed E-state index contributed by atoms with van der Waals surface area (Å²) in [7, 11) is 0. The van der Waals surface area contributed by atoms with Crippen LogP contribution in [0.25, 0.3) is 22.3 Å². The molecule has 4 rings (SSSR count). The van der Waals surface area contributed by atoms with Gasteiger partial charge in [-0.3, -0.25) is 4.79 Å². The van der Waals surface area contributed by atoms with Crippen LogP contribution in [0, 0.1) is 5.92 Å². The summed E-state index contributed by atoms with van der Waals surface area (Å²) in [6.45, 7) is 5.86. The highest BCUT2D eigenvalue weighted by atomic mass is 35.5. The van der Waals surface area contributed by atoms with Gasteiger partial charge in [0, 0.05) is 0 Å². The quantitative estimate of drug-likeness (QED) is 0.401. The highest BCUT2D eigenvalue weighted by molar-refractivity contribution is 6.32. The van der Waals surface area contributed by atoms with Crippen molar-refractivity contribution in [2.75, 3.05) is 0 Å². The summed E-state index contributed by atoms with van der Waals surface area (Å²) in [5.74, 6) is -1.14. The number of hydrogen-bond acceptors (Lipinski definition) is 4. The van der Waals surface area contributed by atoms with Crippen LogP contribution < -0.4 is 4.74 Å². The van der Waals surface area contributed by atoms with Crippen molar-refractivity contribution in [3.05, 3.63) is 77.5 Å². The van der Waals surface area contributed by atoms with E-state index in [0.29, 0.717) is 40.7 Å². The third-order valence-electron chi connectivity index (χ3n) is 5.87. The lowest BCUT2D eigenvalue weighted by atomic mass is 9.87. The summed E-state index contributed by atoms with van der Waals surface area (Å²) in [5, 5.41) is 9.79. The van der Waals surface area contributed by atoms with Gasteiger partial charge in [0.15, 0.2) is 5.65 Å². The molecule has 0 bridgehead atoms. The fourth-order valence-corrected chi connectivity index (χ4v) is 4.37. The second-order valence-electron chi connectivity index (χ2n) is 8.22. The zero-order chi connectivity index (χ0) is 23.4. The number of carboxylic acid groups (broad SMARTS) is 1. The van der Waals surface area contributed by atoms with E-state index in [4.69, 9.17) is 16.3 Å². The molecule has 170 valence electrons. The predicted octanol–water partition coefficient (Wildman–Crippen LogP) is 6.31. The van der Waals surface area contributed by atoms with Gasteiger partial charge in [-0.1, -0.05) is 66.7 Å². The number of halogens is 1. The van der Waals surface area contributed by atoms with Crippen LogP contribution in [0.3, 0.4) is 0 Å². The first-order valence-electron chi connectivity index (χ1n) is 11.0. The molecule has 2 atom stereocenters. The predicted molar refractivity (Wildman–Crippen MR) is 131 cm³/mol. The van der Waals surface area contributed by atoms with Gasteiger partial charge < -0.3 is 14.8 Å². The Morgan fingerprint density at radius 1 is 1.24 bits per heavy atom. The van der Waals surface area contributed by atoms with Gasteiger partial charge >= 0.3 is 5.97 Å². The van der Waals surface area contributed by atoms with Gasteiger partial charge in [0.2, 0.25) is 0 Å². The minimum absolute atomic E-state index is 0.183. The Bertz CT molecular complexity index is 1230. The summed E-state index contributed by atoms with van der Waals surface area (Å²) in [6.07, 6.45) is 8.38. The van der Waals surface area contributed by atoms with Crippen LogP contribution in [0.5, 0.6) is 6.01 Å². The SMILES string of the molecule is C=C/C(=C\C=C(/C)c1nc2nc(O[C@@H]3CCC[C@H](C(=O)O)C3)[nH]c2cc1Cl)c1ccccc1. The Hall–Kier alpha value is -3.38. The maximum absolute atomic E-state index is 11.3. The van der Waals surface area contributed by atoms with E-state index >= 15 is 0 Å². The molecular formula is C26H26ClN3O3. The van der Waals surface area contributed by atoms with Gasteiger partial charge in [0.05, 0.1) is 22.2 Å². The summed E-state index contributed by atoms with van der Waals surface area (Å²) in [4.78, 5) is 23.5. The lowest BCUT2D eigenvalue weighted by Crippen LogP contribution is -2.29. The molecule has 1 saturated carbocycles. The average Bonchev–Trinajstić information content (AvgIpc) is 3.20. The number of H-pyrrole nitrogens is 1. The van der Waals surface area contributed by atoms with Crippen molar-refractivity contribution in [2.24, 2.45) is 5.92 Å². The first-order chi connectivity index (χ1) is 15.9. The van der Waals surface area contributed by atoms with E-state index in [-0.39, 0.29) is 12.0 Å². The molecule has 33 heavy (non-hydrogen) atoms. The molecule has 2 N–H and O–H groups in total. The molecule has 0 spiro atoms. The van der Waals surface area contributed by atoms with Crippen LogP contribution in [-0.2, 0) is 4.79 Å². The first kappa shape index (κ1) is 22.8. The van der Waals surface area contributed by atoms with Crippen molar-refractivity contribution in [2.45, 2.75) is 38.7 Å². The number of nitrogens with zero attached hydrogens (tertiary/aromatic N) is 2. The number of imidazole rings is 1. The van der Waals surface area contributed by atoms with Gasteiger partial charge in [-0.25, -0.2) is 4.98 Å². The maximum atomic E-state index is 11.3. The number of aliphatic carboxylic acids is 1. The third-order valence-corrected chi connectivity index (χ3v) is 6.16. The van der Waals surface area contributed by atoms with E-state index in [1.807, 2.05) is 55.5 Å². The summed E-state index contributed by atoms with van der Waals surface area (Å²) < 4.78 is 5.96. The molecule has 1 aliphatic carbocycles. The highest BCUT2D eigenvalue weighted by Gasteiger charge is 2.28. The first-order valence-corrected chi connectivity index (χ1v) is 11.3. The summed E-state index contributed by atoms with van der Waals surface area (Å²) in [6, 6.07) is 12.1. The molecule has 2 aromatic heterocycles. The van der Waals surface area contributed by atoms with Crippen molar-refractivity contribution in [3.8, 4) is 6.01 Å². The number of ether oxygens (including phenoxy) is 1. The van der Waals surface area contributed by atoms with E-state index < -0.39 is 5.97 Å². The number of allylic oxidation sites excluding steroid dienone is 5. The fraction of sp³-hybridized carbons (Fsp3) is 0.269. The van der Waals surface area contributed by atoms with E-state index in [2.05, 4.69) is 21.5 Å². The minimum Gasteiger partial charge on any atom is -0.481 e. The van der Waals surface area contributed by atoms with Crippen LogP contribution in [-0.4, -0.2) is 32.1 Å². The van der Waals surface area contributed by atoms with Crippen molar-refractivity contribution in [1.29, 1.82) is 0 Å². The Labute approximate surface area is 197 Å². The Kier molecular flexibility index (Phi) is 6.94. The van der Waals surface area contributed by atoms with Crippen LogP contribution >= 0.6 is 11.6 Å². The number of nitrogens with one attached hydrogen (secondary N) is 1. The minimum atomic E-state index is -0.769. The molecule has 3 aromatic rings. The number of rotatable bonds is 7. The van der Waals surface area contributed by atoms with Crippen LogP contribution in [0.1, 0.15) is 43.9 Å². The average molecular weight is 464 g/mol. The largest absolute Gasteiger partial charge is 0.481 e. The molecule has 0 saturated heterocycles. The molecule has 6 nitrogen and oxygen atoms in total. The number of fused-ring (bicyclic) bond motifs is 1. The van der Waals surface area contributed by atoms with E-state index in [1.165, 1.54) is 0 Å². The lowest BCUT2D eigenvalue weighted by molar-refractivity contribution is -0.143. The molecular weight excluding hydrogens is 438 g/mol. The Morgan fingerprint density at radius 3 is 2.76 bits per heavy atom. The van der Waals surface area contributed by atoms with E-state index in [9.17, 15) is 9.90 Å². The summed E-state index contributed by atoms with van der Waals surface area (Å²) >= 11 is 6.52. The monoisotopic (exact) mass is 463 g/mol. The number of hydrogen-bond donors (Lipinski definition) is 2. The van der Waals surface area contributed by atoms with Gasteiger partial charge in [-0.05, 0) is 55.4 Å². The second kappa shape index (κ2) is 10.0. The number of pyridine rings is 1. The molecule has 1 aromatic carbocycles. The lowest BCUT2D eigenvalue weighted by Gasteiger charge is -2.26. The molecule has 7 heteroatoms. The number of carbonyl (C=O) groups is 1. The van der Waals surface area contributed by atoms with Gasteiger partial charge in [0.25, 0.3) is 6.01 Å². The third kappa shape index (κ3) is 5.34. The zero-order valence-electron chi connectivity index (χ0n) is 18.4. The highest BCUT2D eigenvalue weighted by Crippen LogP contribution is 2.30. The standard InChI is InChI=1S/C26H26ClN3O3/c1-3-17(18-8-5-4-6-9-18)13-12-16(2)23-21(27)15-22-24(29-23)30-26(28-22)33-20-11-7-10-19(14-20)25(31)32/h3-6,8-9,12-13,15,19-20H,1,7,10-11,14H2,2H3,(H,31,32)(H,28,29,30)/b16-12+,17-13+/t19-,20+/m0/s1. The Morgan fingerprint density at radius 2 is 2.03 bits per heavy atom. The van der Waals surface area contributed by atoms with Crippen molar-refractivity contribution in [1.82, 2.24) is 15.0 Å². The molecule has 1 aliphatic rings. The van der Waals surface area contributed by atoms with Crippen molar-refractivity contribution in [3.63, 3.8) is 0 Å². The zero-order valence-corrected chi connectivity index (χ0v) is 19.2. The van der Waals surface area contributed by atoms with E-state index in [1.54, 1.807) is 6.07 Å². The smallest absolute Gasteiger partial charge is 0.306 e. The molecule has 2 heterocycles. The van der Waals surface area contributed by atoms with Crippen LogP contribution in [0.4, 0.5) is 0 Å². The second-order valence-corrected chi connectivity index (χ2v) is 8.62. The topological polar surface area (TPSA) is 88.1 Å². The Balaban J connectivity index is 1.56. The number of aromatic amines is 1. The fourth-order valence-electron chi connectivity index (χ4n) is 4.07. The molecule has 1 fully saturated rings. The van der Waals surface area contributed by atoms with E-state index in [0.717, 1.165) is 29.6 Å². The van der Waals surface area contributed by atoms with Gasteiger partial charge in [-0.15, -0.1) is 0 Å². The summed E-state index contributed by atoms with van der Waals surface area (Å²) in [5.41, 5.74) is 4.77.